The van der Waals surface area contributed by atoms with Crippen molar-refractivity contribution >= 4 is 17.2 Å². The molecule has 0 spiro atoms. The molecule has 4 nitrogen and oxygen atoms in total. The Kier molecular flexibility index (Phi) is 4.58. The highest BCUT2D eigenvalue weighted by atomic mass is 16.4. The van der Waals surface area contributed by atoms with E-state index in [-0.39, 0.29) is 11.3 Å². The number of ketones is 1. The molecule has 4 heteroatoms. The molecule has 1 N–H and O–H groups in total. The Morgan fingerprint density at radius 2 is 1.90 bits per heavy atom. The van der Waals surface area contributed by atoms with Gasteiger partial charge in [-0.2, -0.15) is 0 Å². The van der Waals surface area contributed by atoms with Gasteiger partial charge in [0.25, 0.3) is 0 Å². The summed E-state index contributed by atoms with van der Waals surface area (Å²) in [7, 11) is 0. The molecule has 0 aliphatic rings. The molecule has 0 saturated heterocycles. The number of benzene rings is 1. The first-order chi connectivity index (χ1) is 10.0. The van der Waals surface area contributed by atoms with Gasteiger partial charge in [0.15, 0.2) is 5.78 Å². The van der Waals surface area contributed by atoms with Gasteiger partial charge in [-0.15, -0.1) is 0 Å². The average Bonchev–Trinajstić information content (AvgIpc) is 2.41. The molecule has 0 radical (unpaired) electrons. The molecule has 0 fully saturated rings. The predicted octanol–water partition coefficient (Wildman–Crippen LogP) is 3.98. The van der Waals surface area contributed by atoms with E-state index in [1.54, 1.807) is 13.0 Å². The number of carbonyl (C=O) groups is 1. The van der Waals surface area contributed by atoms with Gasteiger partial charge >= 0.3 is 5.63 Å². The third kappa shape index (κ3) is 3.40. The zero-order chi connectivity index (χ0) is 15.4. The second-order valence-electron chi connectivity index (χ2n) is 5.05. The summed E-state index contributed by atoms with van der Waals surface area (Å²) in [6.45, 7) is 5.56. The Balaban J connectivity index is 2.49. The number of rotatable bonds is 5. The fourth-order valence-corrected chi connectivity index (χ4v) is 2.19. The van der Waals surface area contributed by atoms with Crippen LogP contribution in [0.4, 0.5) is 11.4 Å². The van der Waals surface area contributed by atoms with Crippen LogP contribution >= 0.6 is 0 Å². The van der Waals surface area contributed by atoms with E-state index in [2.05, 4.69) is 5.32 Å². The molecule has 0 atom stereocenters. The van der Waals surface area contributed by atoms with Gasteiger partial charge in [0.2, 0.25) is 0 Å². The van der Waals surface area contributed by atoms with Crippen LogP contribution in [-0.4, -0.2) is 5.78 Å². The second-order valence-corrected chi connectivity index (χ2v) is 5.05. The fraction of sp³-hybridized carbons (Fsp3) is 0.294. The van der Waals surface area contributed by atoms with E-state index in [9.17, 15) is 9.59 Å². The summed E-state index contributed by atoms with van der Waals surface area (Å²) >= 11 is 0. The van der Waals surface area contributed by atoms with E-state index in [4.69, 9.17) is 4.42 Å². The van der Waals surface area contributed by atoms with E-state index in [1.807, 2.05) is 38.1 Å². The van der Waals surface area contributed by atoms with E-state index in [0.717, 1.165) is 11.3 Å². The number of hydrogen-bond acceptors (Lipinski definition) is 4. The minimum Gasteiger partial charge on any atom is -0.428 e. The number of Topliss-reactive ketones (excluding diaryl/α,β-unsaturated/α-hetero) is 1. The molecule has 0 amide bonds. The topological polar surface area (TPSA) is 59.3 Å². The third-order valence-corrected chi connectivity index (χ3v) is 3.25. The molecule has 2 rings (SSSR count). The Hall–Kier alpha value is -2.36. The van der Waals surface area contributed by atoms with Crippen LogP contribution in [0.1, 0.15) is 41.4 Å². The largest absolute Gasteiger partial charge is 0.428 e. The maximum absolute atomic E-state index is 12.2. The van der Waals surface area contributed by atoms with Gasteiger partial charge in [-0.05, 0) is 31.9 Å². The van der Waals surface area contributed by atoms with E-state index in [1.165, 1.54) is 0 Å². The lowest BCUT2D eigenvalue weighted by atomic mass is 10.1. The van der Waals surface area contributed by atoms with Gasteiger partial charge in [0.1, 0.15) is 11.3 Å². The highest BCUT2D eigenvalue weighted by molar-refractivity contribution is 6.01. The summed E-state index contributed by atoms with van der Waals surface area (Å²) in [6, 6.07) is 9.41. The molecule has 2 aromatic rings. The van der Waals surface area contributed by atoms with Crippen molar-refractivity contribution in [2.75, 3.05) is 5.32 Å². The van der Waals surface area contributed by atoms with Crippen molar-refractivity contribution < 1.29 is 9.21 Å². The number of anilines is 2. The predicted molar refractivity (Wildman–Crippen MR) is 83.4 cm³/mol. The molecule has 0 bridgehead atoms. The van der Waals surface area contributed by atoms with Crippen molar-refractivity contribution in [1.29, 1.82) is 0 Å². The van der Waals surface area contributed by atoms with E-state index < -0.39 is 5.63 Å². The average molecular weight is 285 g/mol. The maximum Gasteiger partial charge on any atom is 0.348 e. The first-order valence-electron chi connectivity index (χ1n) is 7.03. The first-order valence-corrected chi connectivity index (χ1v) is 7.03. The number of carbonyl (C=O) groups excluding carboxylic acids is 1. The van der Waals surface area contributed by atoms with Crippen molar-refractivity contribution in [2.24, 2.45) is 0 Å². The molecule has 1 aromatic carbocycles. The summed E-state index contributed by atoms with van der Waals surface area (Å²) in [5, 5.41) is 3.18. The molecule has 110 valence electrons. The second kappa shape index (κ2) is 6.39. The monoisotopic (exact) mass is 285 g/mol. The van der Waals surface area contributed by atoms with Crippen LogP contribution < -0.4 is 10.9 Å². The van der Waals surface area contributed by atoms with Crippen molar-refractivity contribution in [3.05, 3.63) is 57.6 Å². The van der Waals surface area contributed by atoms with E-state index in [0.29, 0.717) is 24.3 Å². The zero-order valence-corrected chi connectivity index (χ0v) is 12.5. The molecule has 1 aromatic heterocycles. The quantitative estimate of drug-likeness (QED) is 0.844. The molecule has 1 heterocycles. The Labute approximate surface area is 123 Å². The van der Waals surface area contributed by atoms with Crippen molar-refractivity contribution in [1.82, 2.24) is 0 Å². The summed E-state index contributed by atoms with van der Waals surface area (Å²) in [5.74, 6) is 0.284. The van der Waals surface area contributed by atoms with Crippen LogP contribution in [0.25, 0.3) is 0 Å². The summed E-state index contributed by atoms with van der Waals surface area (Å²) in [6.07, 6.45) is 1.02. The van der Waals surface area contributed by atoms with Gasteiger partial charge in [-0.3, -0.25) is 4.79 Å². The normalized spacial score (nSPS) is 10.4. The zero-order valence-electron chi connectivity index (χ0n) is 12.5. The lowest BCUT2D eigenvalue weighted by molar-refractivity contribution is 0.0978. The Bertz CT molecular complexity index is 716. The molecule has 0 aliphatic heterocycles. The number of aryl methyl sites for hydroxylation is 2. The van der Waals surface area contributed by atoms with Crippen LogP contribution in [0.3, 0.4) is 0 Å². The van der Waals surface area contributed by atoms with E-state index >= 15 is 0 Å². The molecule has 0 aliphatic carbocycles. The number of para-hydroxylation sites is 1. The smallest absolute Gasteiger partial charge is 0.348 e. The van der Waals surface area contributed by atoms with Gasteiger partial charge in [0, 0.05) is 18.2 Å². The highest BCUT2D eigenvalue weighted by Crippen LogP contribution is 2.23. The lowest BCUT2D eigenvalue weighted by Crippen LogP contribution is -2.17. The highest BCUT2D eigenvalue weighted by Gasteiger charge is 2.18. The van der Waals surface area contributed by atoms with Crippen molar-refractivity contribution in [2.45, 2.75) is 33.6 Å². The van der Waals surface area contributed by atoms with Gasteiger partial charge in [-0.1, -0.05) is 25.1 Å². The van der Waals surface area contributed by atoms with Gasteiger partial charge in [-0.25, -0.2) is 4.79 Å². The third-order valence-electron chi connectivity index (χ3n) is 3.25. The molecule has 0 saturated carbocycles. The molecular weight excluding hydrogens is 266 g/mol. The lowest BCUT2D eigenvalue weighted by Gasteiger charge is -2.12. The minimum absolute atomic E-state index is 0.103. The number of hydrogen-bond donors (Lipinski definition) is 1. The Morgan fingerprint density at radius 1 is 1.19 bits per heavy atom. The minimum atomic E-state index is -0.579. The van der Waals surface area contributed by atoms with Crippen LogP contribution in [0.5, 0.6) is 0 Å². The first kappa shape index (κ1) is 15.0. The van der Waals surface area contributed by atoms with Gasteiger partial charge < -0.3 is 9.73 Å². The molecule has 0 unspecified atom stereocenters. The van der Waals surface area contributed by atoms with Crippen LogP contribution in [-0.2, 0) is 0 Å². The van der Waals surface area contributed by atoms with Crippen LogP contribution in [0, 0.1) is 13.8 Å². The summed E-state index contributed by atoms with van der Waals surface area (Å²) < 4.78 is 5.07. The van der Waals surface area contributed by atoms with Crippen LogP contribution in [0.15, 0.2) is 39.5 Å². The molecular formula is C17H19NO3. The fourth-order valence-electron chi connectivity index (χ4n) is 2.19. The standard InChI is InChI=1S/C17H19NO3/c1-4-7-15(19)16-14(10-12(3)21-17(16)20)18-13-9-6-5-8-11(13)2/h5-6,8-10,18H,4,7H2,1-3H3. The molecule has 21 heavy (non-hydrogen) atoms. The number of nitrogens with one attached hydrogen (secondary N) is 1. The van der Waals surface area contributed by atoms with Gasteiger partial charge in [0.05, 0.1) is 5.69 Å². The van der Waals surface area contributed by atoms with Crippen molar-refractivity contribution in [3.63, 3.8) is 0 Å². The summed E-state index contributed by atoms with van der Waals surface area (Å²) in [5.41, 5.74) is 1.94. The Morgan fingerprint density at radius 3 is 2.57 bits per heavy atom. The SMILES string of the molecule is CCCC(=O)c1c(Nc2ccccc2C)cc(C)oc1=O. The summed E-state index contributed by atoms with van der Waals surface area (Å²) in [4.78, 5) is 24.2. The van der Waals surface area contributed by atoms with Crippen LogP contribution in [0.2, 0.25) is 0 Å². The maximum atomic E-state index is 12.2. The van der Waals surface area contributed by atoms with Crippen molar-refractivity contribution in [3.8, 4) is 0 Å².